The van der Waals surface area contributed by atoms with E-state index < -0.39 is 0 Å². The van der Waals surface area contributed by atoms with Gasteiger partial charge in [-0.25, -0.2) is 9.97 Å². The number of carbonyl (C=O) groups excluding carboxylic acids is 1. The number of piperidine rings is 2. The molecule has 33 heavy (non-hydrogen) atoms. The molecule has 5 heterocycles. The standard InChI is InChI=1S/C23H22ClN7OS/c1-13-14-9-16(10-14)30(20(13)12-26-23-29-18-3-2-6-25-21(18)33-23)22(32)17-11-15(24)4-5-19(17)31-27-7-8-28-31/h2-8,11,13-14,16,20H,9-10,12H2,1H3,(H,26,29)/t13-,14?,16?,20?/m1/s1. The maximum absolute atomic E-state index is 14.0. The molecule has 2 aliphatic heterocycles. The first-order chi connectivity index (χ1) is 16.1. The zero-order valence-corrected chi connectivity index (χ0v) is 19.5. The number of hydrogen-bond donors (Lipinski definition) is 1. The van der Waals surface area contributed by atoms with Crippen molar-refractivity contribution in [2.75, 3.05) is 11.9 Å². The summed E-state index contributed by atoms with van der Waals surface area (Å²) in [7, 11) is 0. The zero-order valence-electron chi connectivity index (χ0n) is 17.9. The summed E-state index contributed by atoms with van der Waals surface area (Å²) in [5, 5.41) is 13.3. The molecule has 3 aliphatic rings. The molecule has 3 aromatic heterocycles. The molecule has 2 bridgehead atoms. The molecule has 10 heteroatoms. The van der Waals surface area contributed by atoms with Crippen LogP contribution < -0.4 is 5.32 Å². The van der Waals surface area contributed by atoms with Gasteiger partial charge < -0.3 is 10.2 Å². The molecule has 4 aromatic rings. The van der Waals surface area contributed by atoms with E-state index in [0.29, 0.717) is 34.7 Å². The summed E-state index contributed by atoms with van der Waals surface area (Å²) in [6.07, 6.45) is 7.07. The van der Waals surface area contributed by atoms with Gasteiger partial charge in [0, 0.05) is 23.8 Å². The van der Waals surface area contributed by atoms with Crippen molar-refractivity contribution in [3.05, 3.63) is 59.5 Å². The van der Waals surface area contributed by atoms with Gasteiger partial charge in [0.2, 0.25) is 0 Å². The third-order valence-corrected chi connectivity index (χ3v) is 8.11. The number of aromatic nitrogens is 5. The second-order valence-corrected chi connectivity index (χ2v) is 10.1. The first-order valence-electron chi connectivity index (χ1n) is 11.0. The van der Waals surface area contributed by atoms with Gasteiger partial charge in [-0.15, -0.1) is 0 Å². The van der Waals surface area contributed by atoms with Crippen LogP contribution in [0.25, 0.3) is 16.0 Å². The number of benzene rings is 1. The maximum atomic E-state index is 14.0. The predicted octanol–water partition coefficient (Wildman–Crippen LogP) is 4.28. The Morgan fingerprint density at radius 2 is 2.03 bits per heavy atom. The van der Waals surface area contributed by atoms with E-state index in [0.717, 1.165) is 28.3 Å². The number of hydrogen-bond acceptors (Lipinski definition) is 7. The topological polar surface area (TPSA) is 88.8 Å². The predicted molar refractivity (Wildman–Crippen MR) is 128 cm³/mol. The van der Waals surface area contributed by atoms with Crippen molar-refractivity contribution >= 4 is 44.3 Å². The van der Waals surface area contributed by atoms with Crippen molar-refractivity contribution in [2.45, 2.75) is 31.8 Å². The first-order valence-corrected chi connectivity index (χ1v) is 12.2. The summed E-state index contributed by atoms with van der Waals surface area (Å²) in [6.45, 7) is 2.89. The van der Waals surface area contributed by atoms with Crippen LogP contribution >= 0.6 is 22.9 Å². The van der Waals surface area contributed by atoms with Crippen LogP contribution in [0.5, 0.6) is 0 Å². The molecule has 1 unspecified atom stereocenters. The lowest BCUT2D eigenvalue weighted by Crippen LogP contribution is -2.64. The van der Waals surface area contributed by atoms with Crippen LogP contribution in [0.15, 0.2) is 48.9 Å². The normalized spacial score (nSPS) is 24.0. The van der Waals surface area contributed by atoms with Crippen molar-refractivity contribution in [1.82, 2.24) is 29.9 Å². The molecule has 1 aromatic carbocycles. The summed E-state index contributed by atoms with van der Waals surface area (Å²) in [5.41, 5.74) is 2.03. The van der Waals surface area contributed by atoms with Crippen LogP contribution in [0, 0.1) is 11.8 Å². The maximum Gasteiger partial charge on any atom is 0.256 e. The fourth-order valence-electron chi connectivity index (χ4n) is 5.10. The number of rotatable bonds is 5. The Morgan fingerprint density at radius 1 is 1.21 bits per heavy atom. The molecule has 2 atom stereocenters. The second kappa shape index (κ2) is 8.07. The number of thiazole rings is 1. The minimum absolute atomic E-state index is 0.0300. The Morgan fingerprint density at radius 3 is 2.82 bits per heavy atom. The molecular formula is C23H22ClN7OS. The highest BCUT2D eigenvalue weighted by Crippen LogP contribution is 2.47. The molecule has 2 saturated heterocycles. The quantitative estimate of drug-likeness (QED) is 0.459. The number of fused-ring (bicyclic) bond motifs is 3. The SMILES string of the molecule is C[C@@H]1C2CC(C2)N(C(=O)c2cc(Cl)ccc2-n2nccn2)C1CNc1nc2cccnc2s1. The highest BCUT2D eigenvalue weighted by atomic mass is 35.5. The molecule has 1 N–H and O–H groups in total. The number of amides is 1. The van der Waals surface area contributed by atoms with Crippen molar-refractivity contribution in [1.29, 1.82) is 0 Å². The van der Waals surface area contributed by atoms with Crippen LogP contribution in [-0.4, -0.2) is 54.4 Å². The van der Waals surface area contributed by atoms with Gasteiger partial charge >= 0.3 is 0 Å². The fourth-order valence-corrected chi connectivity index (χ4v) is 6.08. The van der Waals surface area contributed by atoms with E-state index in [-0.39, 0.29) is 18.0 Å². The number of nitrogens with one attached hydrogen (secondary N) is 1. The Kier molecular flexibility index (Phi) is 5.03. The van der Waals surface area contributed by atoms with Crippen LogP contribution in [-0.2, 0) is 0 Å². The molecule has 3 fully saturated rings. The molecule has 1 saturated carbocycles. The minimum atomic E-state index is -0.0300. The zero-order chi connectivity index (χ0) is 22.5. The monoisotopic (exact) mass is 479 g/mol. The summed E-state index contributed by atoms with van der Waals surface area (Å²) >= 11 is 7.84. The van der Waals surface area contributed by atoms with Crippen molar-refractivity contribution < 1.29 is 4.79 Å². The van der Waals surface area contributed by atoms with E-state index in [2.05, 4.69) is 37.3 Å². The Balaban J connectivity index is 1.31. The van der Waals surface area contributed by atoms with E-state index in [9.17, 15) is 4.79 Å². The summed E-state index contributed by atoms with van der Waals surface area (Å²) in [5.74, 6) is 0.997. The minimum Gasteiger partial charge on any atom is -0.359 e. The van der Waals surface area contributed by atoms with E-state index in [4.69, 9.17) is 11.6 Å². The Bertz CT molecular complexity index is 1280. The van der Waals surface area contributed by atoms with Gasteiger partial charge in [0.1, 0.15) is 10.3 Å². The summed E-state index contributed by atoms with van der Waals surface area (Å²) < 4.78 is 0. The summed E-state index contributed by atoms with van der Waals surface area (Å²) in [4.78, 5) is 27.4. The Labute approximate surface area is 199 Å². The van der Waals surface area contributed by atoms with E-state index in [1.54, 1.807) is 36.8 Å². The number of carbonyl (C=O) groups is 1. The molecule has 168 valence electrons. The number of nitrogens with zero attached hydrogens (tertiary/aromatic N) is 6. The number of pyridine rings is 1. The second-order valence-electron chi connectivity index (χ2n) is 8.73. The van der Waals surface area contributed by atoms with Gasteiger partial charge in [-0.2, -0.15) is 15.0 Å². The fraction of sp³-hybridized carbons (Fsp3) is 0.348. The molecule has 1 aliphatic carbocycles. The lowest BCUT2D eigenvalue weighted by molar-refractivity contribution is -0.0502. The van der Waals surface area contributed by atoms with Gasteiger partial charge in [0.15, 0.2) is 5.13 Å². The largest absolute Gasteiger partial charge is 0.359 e. The van der Waals surface area contributed by atoms with Crippen LogP contribution in [0.3, 0.4) is 0 Å². The van der Waals surface area contributed by atoms with Crippen LogP contribution in [0.4, 0.5) is 5.13 Å². The Hall–Kier alpha value is -3.04. The first kappa shape index (κ1) is 20.6. The van der Waals surface area contributed by atoms with Crippen molar-refractivity contribution in [3.63, 3.8) is 0 Å². The van der Waals surface area contributed by atoms with Gasteiger partial charge in [0.25, 0.3) is 5.91 Å². The molecule has 8 nitrogen and oxygen atoms in total. The van der Waals surface area contributed by atoms with Gasteiger partial charge in [-0.1, -0.05) is 29.9 Å². The summed E-state index contributed by atoms with van der Waals surface area (Å²) in [6, 6.07) is 9.42. The molecule has 0 spiro atoms. The highest BCUT2D eigenvalue weighted by Gasteiger charge is 2.50. The molecule has 0 radical (unpaired) electrons. The third-order valence-electron chi connectivity index (χ3n) is 6.94. The third kappa shape index (κ3) is 3.55. The van der Waals surface area contributed by atoms with Gasteiger partial charge in [-0.05, 0) is 55.0 Å². The van der Waals surface area contributed by atoms with Gasteiger partial charge in [-0.3, -0.25) is 4.79 Å². The van der Waals surface area contributed by atoms with Gasteiger partial charge in [0.05, 0.1) is 29.7 Å². The molecular weight excluding hydrogens is 458 g/mol. The van der Waals surface area contributed by atoms with Crippen LogP contribution in [0.1, 0.15) is 30.1 Å². The molecule has 1 amide bonds. The van der Waals surface area contributed by atoms with E-state index >= 15 is 0 Å². The number of anilines is 1. The highest BCUT2D eigenvalue weighted by molar-refractivity contribution is 7.21. The smallest absolute Gasteiger partial charge is 0.256 e. The average Bonchev–Trinajstić information content (AvgIpc) is 3.46. The number of halogens is 1. The van der Waals surface area contributed by atoms with E-state index in [1.165, 1.54) is 16.1 Å². The average molecular weight is 480 g/mol. The van der Waals surface area contributed by atoms with Crippen molar-refractivity contribution in [3.8, 4) is 5.69 Å². The van der Waals surface area contributed by atoms with Crippen molar-refractivity contribution in [2.24, 2.45) is 11.8 Å². The van der Waals surface area contributed by atoms with Crippen LogP contribution in [0.2, 0.25) is 5.02 Å². The lowest BCUT2D eigenvalue weighted by atomic mass is 9.64. The lowest BCUT2D eigenvalue weighted by Gasteiger charge is -2.57. The molecule has 7 rings (SSSR count). The van der Waals surface area contributed by atoms with E-state index in [1.807, 2.05) is 12.1 Å².